The van der Waals surface area contributed by atoms with Gasteiger partial charge in [-0.1, -0.05) is 6.07 Å². The summed E-state index contributed by atoms with van der Waals surface area (Å²) in [6, 6.07) is 15.4. The molecule has 3 rings (SSSR count). The fourth-order valence-electron chi connectivity index (χ4n) is 2.61. The summed E-state index contributed by atoms with van der Waals surface area (Å²) in [7, 11) is 0. The van der Waals surface area contributed by atoms with Crippen molar-refractivity contribution in [3.8, 4) is 5.75 Å². The number of anilines is 3. The minimum Gasteiger partial charge on any atom is -0.508 e. The highest BCUT2D eigenvalue weighted by Gasteiger charge is 2.17. The monoisotopic (exact) mass is 269 g/mol. The summed E-state index contributed by atoms with van der Waals surface area (Å²) in [5.41, 5.74) is 9.00. The Hall–Kier alpha value is -2.36. The number of phenolic OH excluding ortho intramolecular Hbond substituents is 1. The molecule has 1 aliphatic rings. The van der Waals surface area contributed by atoms with E-state index in [1.807, 2.05) is 30.3 Å². The van der Waals surface area contributed by atoms with Crippen LogP contribution in [0.4, 0.5) is 17.1 Å². The van der Waals surface area contributed by atoms with Crippen molar-refractivity contribution in [2.45, 2.75) is 0 Å². The lowest BCUT2D eigenvalue weighted by molar-refractivity contribution is 0.475. The number of piperazine rings is 1. The van der Waals surface area contributed by atoms with E-state index in [1.165, 1.54) is 5.69 Å². The van der Waals surface area contributed by atoms with Crippen LogP contribution < -0.4 is 15.5 Å². The highest BCUT2D eigenvalue weighted by molar-refractivity contribution is 5.57. The van der Waals surface area contributed by atoms with Gasteiger partial charge in [0.15, 0.2) is 0 Å². The fourth-order valence-corrected chi connectivity index (χ4v) is 2.61. The van der Waals surface area contributed by atoms with Gasteiger partial charge in [0.1, 0.15) is 5.75 Å². The molecule has 4 nitrogen and oxygen atoms in total. The second-order valence-corrected chi connectivity index (χ2v) is 5.09. The van der Waals surface area contributed by atoms with Gasteiger partial charge in [0, 0.05) is 43.2 Å². The number of phenols is 1. The molecule has 1 fully saturated rings. The molecular weight excluding hydrogens is 250 g/mol. The smallest absolute Gasteiger partial charge is 0.115 e. The van der Waals surface area contributed by atoms with Gasteiger partial charge < -0.3 is 20.6 Å². The summed E-state index contributed by atoms with van der Waals surface area (Å²) < 4.78 is 0. The predicted octanol–water partition coefficient (Wildman–Crippen LogP) is 2.30. The zero-order valence-corrected chi connectivity index (χ0v) is 11.4. The molecule has 0 bridgehead atoms. The quantitative estimate of drug-likeness (QED) is 0.821. The SMILES string of the molecule is Nc1cccc(N2CCN(c3ccc(O)cc3)CC2)c1. The molecule has 0 aliphatic carbocycles. The lowest BCUT2D eigenvalue weighted by Crippen LogP contribution is -2.46. The Morgan fingerprint density at radius 2 is 1.40 bits per heavy atom. The van der Waals surface area contributed by atoms with E-state index in [2.05, 4.69) is 15.9 Å². The number of nitrogens with zero attached hydrogens (tertiary/aromatic N) is 2. The Labute approximate surface area is 119 Å². The van der Waals surface area contributed by atoms with Gasteiger partial charge in [-0.05, 0) is 42.5 Å². The molecule has 1 aliphatic heterocycles. The number of hydrogen-bond donors (Lipinski definition) is 2. The first kappa shape index (κ1) is 12.7. The van der Waals surface area contributed by atoms with Crippen LogP contribution in [0.25, 0.3) is 0 Å². The first-order valence-electron chi connectivity index (χ1n) is 6.87. The first-order chi connectivity index (χ1) is 9.72. The Morgan fingerprint density at radius 3 is 2.00 bits per heavy atom. The Kier molecular flexibility index (Phi) is 3.37. The van der Waals surface area contributed by atoms with E-state index in [0.717, 1.165) is 37.6 Å². The molecule has 0 atom stereocenters. The van der Waals surface area contributed by atoms with Gasteiger partial charge in [0.25, 0.3) is 0 Å². The van der Waals surface area contributed by atoms with Crippen LogP contribution >= 0.6 is 0 Å². The van der Waals surface area contributed by atoms with E-state index in [4.69, 9.17) is 5.73 Å². The third kappa shape index (κ3) is 2.64. The van der Waals surface area contributed by atoms with Crippen LogP contribution in [-0.4, -0.2) is 31.3 Å². The van der Waals surface area contributed by atoms with Crippen LogP contribution in [0.15, 0.2) is 48.5 Å². The fraction of sp³-hybridized carbons (Fsp3) is 0.250. The van der Waals surface area contributed by atoms with Gasteiger partial charge in [-0.2, -0.15) is 0 Å². The van der Waals surface area contributed by atoms with Gasteiger partial charge in [0.2, 0.25) is 0 Å². The summed E-state index contributed by atoms with van der Waals surface area (Å²) >= 11 is 0. The number of nitrogens with two attached hydrogens (primary N) is 1. The molecule has 4 heteroatoms. The molecule has 0 spiro atoms. The van der Waals surface area contributed by atoms with Crippen LogP contribution in [0, 0.1) is 0 Å². The van der Waals surface area contributed by atoms with E-state index in [9.17, 15) is 5.11 Å². The second kappa shape index (κ2) is 5.33. The van der Waals surface area contributed by atoms with E-state index < -0.39 is 0 Å². The molecule has 3 N–H and O–H groups in total. The van der Waals surface area contributed by atoms with Crippen molar-refractivity contribution >= 4 is 17.1 Å². The summed E-state index contributed by atoms with van der Waals surface area (Å²) in [4.78, 5) is 4.69. The maximum Gasteiger partial charge on any atom is 0.115 e. The Balaban J connectivity index is 1.66. The standard InChI is InChI=1S/C16H19N3O/c17-13-2-1-3-15(12-13)19-10-8-18(9-11-19)14-4-6-16(20)7-5-14/h1-7,12,20H,8-11,17H2. The van der Waals surface area contributed by atoms with Gasteiger partial charge in [-0.15, -0.1) is 0 Å². The number of nitrogen functional groups attached to an aromatic ring is 1. The molecule has 1 heterocycles. The highest BCUT2D eigenvalue weighted by Crippen LogP contribution is 2.23. The van der Waals surface area contributed by atoms with Gasteiger partial charge >= 0.3 is 0 Å². The molecule has 1 saturated heterocycles. The van der Waals surface area contributed by atoms with Gasteiger partial charge in [-0.25, -0.2) is 0 Å². The van der Waals surface area contributed by atoms with Crippen molar-refractivity contribution < 1.29 is 5.11 Å². The molecule has 0 unspecified atom stereocenters. The van der Waals surface area contributed by atoms with Crippen LogP contribution in [0.3, 0.4) is 0 Å². The molecule has 104 valence electrons. The van der Waals surface area contributed by atoms with E-state index in [-0.39, 0.29) is 0 Å². The highest BCUT2D eigenvalue weighted by atomic mass is 16.3. The number of benzene rings is 2. The van der Waals surface area contributed by atoms with Crippen molar-refractivity contribution in [3.05, 3.63) is 48.5 Å². The molecule has 20 heavy (non-hydrogen) atoms. The number of rotatable bonds is 2. The van der Waals surface area contributed by atoms with E-state index in [0.29, 0.717) is 5.75 Å². The Morgan fingerprint density at radius 1 is 0.800 bits per heavy atom. The normalized spacial score (nSPS) is 15.4. The van der Waals surface area contributed by atoms with E-state index >= 15 is 0 Å². The van der Waals surface area contributed by atoms with Crippen LogP contribution in [0.1, 0.15) is 0 Å². The van der Waals surface area contributed by atoms with Crippen LogP contribution in [0.2, 0.25) is 0 Å². The summed E-state index contributed by atoms with van der Waals surface area (Å²) in [5, 5.41) is 9.33. The topological polar surface area (TPSA) is 52.7 Å². The minimum atomic E-state index is 0.312. The summed E-state index contributed by atoms with van der Waals surface area (Å²) in [6.07, 6.45) is 0. The van der Waals surface area contributed by atoms with Crippen LogP contribution in [0.5, 0.6) is 5.75 Å². The predicted molar refractivity (Wildman–Crippen MR) is 83.4 cm³/mol. The largest absolute Gasteiger partial charge is 0.508 e. The molecule has 0 radical (unpaired) electrons. The third-order valence-electron chi connectivity index (χ3n) is 3.73. The lowest BCUT2D eigenvalue weighted by Gasteiger charge is -2.37. The maximum absolute atomic E-state index is 9.33. The molecular formula is C16H19N3O. The van der Waals surface area contributed by atoms with Crippen LogP contribution in [-0.2, 0) is 0 Å². The van der Waals surface area contributed by atoms with Gasteiger partial charge in [-0.3, -0.25) is 0 Å². The van der Waals surface area contributed by atoms with Crippen molar-refractivity contribution in [3.63, 3.8) is 0 Å². The first-order valence-corrected chi connectivity index (χ1v) is 6.87. The summed E-state index contributed by atoms with van der Waals surface area (Å²) in [6.45, 7) is 3.90. The van der Waals surface area contributed by atoms with E-state index in [1.54, 1.807) is 12.1 Å². The molecule has 0 saturated carbocycles. The number of hydrogen-bond acceptors (Lipinski definition) is 4. The minimum absolute atomic E-state index is 0.312. The van der Waals surface area contributed by atoms with Crippen molar-refractivity contribution in [1.29, 1.82) is 0 Å². The Bertz CT molecular complexity index is 575. The molecule has 2 aromatic rings. The molecule has 2 aromatic carbocycles. The van der Waals surface area contributed by atoms with Crippen molar-refractivity contribution in [2.24, 2.45) is 0 Å². The summed E-state index contributed by atoms with van der Waals surface area (Å²) in [5.74, 6) is 0.312. The van der Waals surface area contributed by atoms with Crippen molar-refractivity contribution in [1.82, 2.24) is 0 Å². The average molecular weight is 269 g/mol. The lowest BCUT2D eigenvalue weighted by atomic mass is 10.2. The van der Waals surface area contributed by atoms with Crippen molar-refractivity contribution in [2.75, 3.05) is 41.7 Å². The maximum atomic E-state index is 9.33. The second-order valence-electron chi connectivity index (χ2n) is 5.09. The third-order valence-corrected chi connectivity index (χ3v) is 3.73. The van der Waals surface area contributed by atoms with Gasteiger partial charge in [0.05, 0.1) is 0 Å². The molecule has 0 aromatic heterocycles. The number of aromatic hydroxyl groups is 1. The molecule has 0 amide bonds. The zero-order valence-electron chi connectivity index (χ0n) is 11.4. The average Bonchev–Trinajstić information content (AvgIpc) is 2.48. The zero-order chi connectivity index (χ0) is 13.9.